The summed E-state index contributed by atoms with van der Waals surface area (Å²) in [5.74, 6) is -1.09. The van der Waals surface area contributed by atoms with E-state index in [0.717, 1.165) is 5.52 Å². The maximum Gasteiger partial charge on any atom is 0.338 e. The van der Waals surface area contributed by atoms with Crippen LogP contribution in [0.5, 0.6) is 0 Å². The van der Waals surface area contributed by atoms with Crippen LogP contribution in [0.1, 0.15) is 22.8 Å². The number of fused-ring (bicyclic) bond motifs is 1. The van der Waals surface area contributed by atoms with Crippen molar-refractivity contribution in [3.8, 4) is 6.07 Å². The van der Waals surface area contributed by atoms with Crippen molar-refractivity contribution in [2.24, 2.45) is 0 Å². The Kier molecular flexibility index (Phi) is 4.90. The lowest BCUT2D eigenvalue weighted by molar-refractivity contribution is -0.119. The van der Waals surface area contributed by atoms with Crippen LogP contribution in [0.4, 0.5) is 5.69 Å². The number of aryl methyl sites for hydroxylation is 1. The van der Waals surface area contributed by atoms with Gasteiger partial charge in [-0.25, -0.2) is 9.48 Å². The number of carbonyl (C=O) groups is 2. The number of hydrogen-bond acceptors (Lipinski definition) is 6. The third-order valence-corrected chi connectivity index (χ3v) is 3.68. The Morgan fingerprint density at radius 3 is 2.69 bits per heavy atom. The van der Waals surface area contributed by atoms with Crippen LogP contribution in [0.3, 0.4) is 0 Å². The SMILES string of the molecule is CCn1nnc2cc(C(=O)OCC(=O)Nc3ccc(C#N)cc3)ccc21. The molecule has 0 unspecified atom stereocenters. The molecule has 1 heterocycles. The summed E-state index contributed by atoms with van der Waals surface area (Å²) in [6, 6.07) is 13.3. The van der Waals surface area contributed by atoms with Crippen molar-refractivity contribution in [2.45, 2.75) is 13.5 Å². The summed E-state index contributed by atoms with van der Waals surface area (Å²) in [5.41, 5.74) is 2.71. The minimum Gasteiger partial charge on any atom is -0.452 e. The molecule has 0 atom stereocenters. The second kappa shape index (κ2) is 7.44. The number of anilines is 1. The third kappa shape index (κ3) is 3.67. The van der Waals surface area contributed by atoms with E-state index in [9.17, 15) is 9.59 Å². The third-order valence-electron chi connectivity index (χ3n) is 3.68. The lowest BCUT2D eigenvalue weighted by atomic mass is 10.2. The van der Waals surface area contributed by atoms with E-state index < -0.39 is 18.5 Å². The van der Waals surface area contributed by atoms with Crippen LogP contribution in [-0.4, -0.2) is 33.5 Å². The van der Waals surface area contributed by atoms with Crippen LogP contribution < -0.4 is 5.32 Å². The molecule has 0 aliphatic rings. The Balaban J connectivity index is 1.59. The molecule has 8 heteroatoms. The molecule has 8 nitrogen and oxygen atoms in total. The molecule has 0 fully saturated rings. The van der Waals surface area contributed by atoms with Crippen LogP contribution in [0, 0.1) is 11.3 Å². The summed E-state index contributed by atoms with van der Waals surface area (Å²) in [7, 11) is 0. The van der Waals surface area contributed by atoms with E-state index in [0.29, 0.717) is 28.9 Å². The highest BCUT2D eigenvalue weighted by Crippen LogP contribution is 2.14. The summed E-state index contributed by atoms with van der Waals surface area (Å²) in [6.07, 6.45) is 0. The minimum atomic E-state index is -0.618. The van der Waals surface area contributed by atoms with Gasteiger partial charge in [-0.3, -0.25) is 4.79 Å². The largest absolute Gasteiger partial charge is 0.452 e. The van der Waals surface area contributed by atoms with Crippen molar-refractivity contribution in [3.05, 3.63) is 53.6 Å². The molecule has 0 saturated carbocycles. The van der Waals surface area contributed by atoms with E-state index in [1.54, 1.807) is 47.1 Å². The normalized spacial score (nSPS) is 10.3. The monoisotopic (exact) mass is 349 g/mol. The molecule has 3 rings (SSSR count). The number of nitrogens with one attached hydrogen (secondary N) is 1. The predicted molar refractivity (Wildman–Crippen MR) is 93.3 cm³/mol. The fraction of sp³-hybridized carbons (Fsp3) is 0.167. The fourth-order valence-electron chi connectivity index (χ4n) is 2.37. The second-order valence-electron chi connectivity index (χ2n) is 5.42. The molecule has 2 aromatic carbocycles. The van der Waals surface area contributed by atoms with Crippen LogP contribution in [0.15, 0.2) is 42.5 Å². The molecule has 26 heavy (non-hydrogen) atoms. The number of aromatic nitrogens is 3. The number of amides is 1. The Labute approximate surface area is 149 Å². The summed E-state index contributed by atoms with van der Waals surface area (Å²) >= 11 is 0. The van der Waals surface area contributed by atoms with Gasteiger partial charge in [0.15, 0.2) is 6.61 Å². The molecule has 0 radical (unpaired) electrons. The topological polar surface area (TPSA) is 110 Å². The maximum absolute atomic E-state index is 12.1. The van der Waals surface area contributed by atoms with Gasteiger partial charge in [0.1, 0.15) is 5.52 Å². The van der Waals surface area contributed by atoms with Gasteiger partial charge in [0.2, 0.25) is 0 Å². The maximum atomic E-state index is 12.1. The van der Waals surface area contributed by atoms with E-state index in [-0.39, 0.29) is 0 Å². The summed E-state index contributed by atoms with van der Waals surface area (Å²) in [5, 5.41) is 19.3. The Hall–Kier alpha value is -3.73. The molecular weight excluding hydrogens is 334 g/mol. The lowest BCUT2D eigenvalue weighted by Crippen LogP contribution is -2.20. The molecule has 0 spiro atoms. The van der Waals surface area contributed by atoms with Gasteiger partial charge >= 0.3 is 5.97 Å². The van der Waals surface area contributed by atoms with Gasteiger partial charge < -0.3 is 10.1 Å². The molecule has 0 saturated heterocycles. The van der Waals surface area contributed by atoms with Crippen LogP contribution in [0.25, 0.3) is 11.0 Å². The molecule has 3 aromatic rings. The van der Waals surface area contributed by atoms with Crippen LogP contribution in [-0.2, 0) is 16.1 Å². The molecule has 130 valence electrons. The first-order valence-electron chi connectivity index (χ1n) is 7.91. The highest BCUT2D eigenvalue weighted by Gasteiger charge is 2.13. The van der Waals surface area contributed by atoms with E-state index in [2.05, 4.69) is 15.6 Å². The van der Waals surface area contributed by atoms with Crippen molar-refractivity contribution in [3.63, 3.8) is 0 Å². The molecule has 0 bridgehead atoms. The Morgan fingerprint density at radius 2 is 2.00 bits per heavy atom. The molecule has 1 N–H and O–H groups in total. The average molecular weight is 349 g/mol. The predicted octanol–water partition coefficient (Wildman–Crippen LogP) is 2.12. The smallest absolute Gasteiger partial charge is 0.338 e. The van der Waals surface area contributed by atoms with Gasteiger partial charge in [-0.2, -0.15) is 5.26 Å². The first-order chi connectivity index (χ1) is 12.6. The number of esters is 1. The van der Waals surface area contributed by atoms with Crippen molar-refractivity contribution in [2.75, 3.05) is 11.9 Å². The van der Waals surface area contributed by atoms with Gasteiger partial charge in [-0.15, -0.1) is 5.10 Å². The summed E-state index contributed by atoms with van der Waals surface area (Å²) in [4.78, 5) is 24.0. The van der Waals surface area contributed by atoms with Gasteiger partial charge in [0.25, 0.3) is 5.91 Å². The van der Waals surface area contributed by atoms with E-state index in [4.69, 9.17) is 10.00 Å². The molecule has 1 aromatic heterocycles. The quantitative estimate of drug-likeness (QED) is 0.707. The number of rotatable bonds is 5. The first kappa shape index (κ1) is 17.1. The lowest BCUT2D eigenvalue weighted by Gasteiger charge is -2.07. The summed E-state index contributed by atoms with van der Waals surface area (Å²) < 4.78 is 6.75. The number of nitrogens with zero attached hydrogens (tertiary/aromatic N) is 4. The zero-order valence-corrected chi connectivity index (χ0v) is 14.0. The van der Waals surface area contributed by atoms with E-state index >= 15 is 0 Å². The van der Waals surface area contributed by atoms with Crippen molar-refractivity contribution in [1.29, 1.82) is 5.26 Å². The van der Waals surface area contributed by atoms with Gasteiger partial charge in [-0.05, 0) is 49.4 Å². The van der Waals surface area contributed by atoms with Crippen LogP contribution in [0.2, 0.25) is 0 Å². The molecule has 0 aliphatic heterocycles. The first-order valence-corrected chi connectivity index (χ1v) is 7.91. The van der Waals surface area contributed by atoms with Gasteiger partial charge in [0, 0.05) is 12.2 Å². The fourth-order valence-corrected chi connectivity index (χ4v) is 2.37. The van der Waals surface area contributed by atoms with Gasteiger partial charge in [-0.1, -0.05) is 5.21 Å². The van der Waals surface area contributed by atoms with Crippen molar-refractivity contribution in [1.82, 2.24) is 15.0 Å². The Morgan fingerprint density at radius 1 is 1.23 bits per heavy atom. The van der Waals surface area contributed by atoms with Gasteiger partial charge in [0.05, 0.1) is 22.7 Å². The highest BCUT2D eigenvalue weighted by atomic mass is 16.5. The minimum absolute atomic E-state index is 0.298. The number of hydrogen-bond donors (Lipinski definition) is 1. The number of ether oxygens (including phenoxy) is 1. The van der Waals surface area contributed by atoms with Crippen molar-refractivity contribution < 1.29 is 14.3 Å². The highest BCUT2D eigenvalue weighted by molar-refractivity contribution is 5.97. The van der Waals surface area contributed by atoms with Crippen molar-refractivity contribution >= 4 is 28.6 Å². The standard InChI is InChI=1S/C18H15N5O3/c1-2-23-16-8-5-13(9-15(16)21-22-23)18(25)26-11-17(24)20-14-6-3-12(10-19)4-7-14/h3-9H,2,11H2,1H3,(H,20,24). The Bertz CT molecular complexity index is 1000. The van der Waals surface area contributed by atoms with E-state index in [1.165, 1.54) is 0 Å². The zero-order chi connectivity index (χ0) is 18.5. The number of benzene rings is 2. The molecule has 0 aliphatic carbocycles. The number of carbonyl (C=O) groups excluding carboxylic acids is 2. The van der Waals surface area contributed by atoms with Crippen LogP contribution >= 0.6 is 0 Å². The number of nitriles is 1. The average Bonchev–Trinajstić information content (AvgIpc) is 3.09. The summed E-state index contributed by atoms with van der Waals surface area (Å²) in [6.45, 7) is 2.21. The molecule has 1 amide bonds. The van der Waals surface area contributed by atoms with E-state index in [1.807, 2.05) is 13.0 Å². The molecular formula is C18H15N5O3. The second-order valence-corrected chi connectivity index (χ2v) is 5.42. The zero-order valence-electron chi connectivity index (χ0n) is 14.0.